The molecule has 2 fully saturated rings. The Morgan fingerprint density at radius 1 is 1.06 bits per heavy atom. The topological polar surface area (TPSA) is 89.6 Å². The molecule has 3 aliphatic rings. The second-order valence-corrected chi connectivity index (χ2v) is 11.1. The van der Waals surface area contributed by atoms with E-state index in [1.807, 2.05) is 41.2 Å². The number of fused-ring (bicyclic) bond motifs is 5. The van der Waals surface area contributed by atoms with Crippen LogP contribution in [0.1, 0.15) is 67.3 Å². The van der Waals surface area contributed by atoms with Crippen LogP contribution >= 0.6 is 0 Å². The lowest BCUT2D eigenvalue weighted by Crippen LogP contribution is -2.49. The summed E-state index contributed by atoms with van der Waals surface area (Å²) in [6.45, 7) is 2.87. The van der Waals surface area contributed by atoms with Crippen molar-refractivity contribution in [2.24, 2.45) is 17.3 Å². The van der Waals surface area contributed by atoms with Gasteiger partial charge in [-0.15, -0.1) is 5.10 Å². The highest BCUT2D eigenvalue weighted by Crippen LogP contribution is 2.67. The Morgan fingerprint density at radius 3 is 2.61 bits per heavy atom. The molecule has 1 heterocycles. The maximum atomic E-state index is 12.2. The van der Waals surface area contributed by atoms with Crippen molar-refractivity contribution in [3.63, 3.8) is 0 Å². The van der Waals surface area contributed by atoms with Gasteiger partial charge in [0.15, 0.2) is 11.5 Å². The van der Waals surface area contributed by atoms with E-state index in [4.69, 9.17) is 9.47 Å². The average Bonchev–Trinajstić information content (AvgIpc) is 3.47. The van der Waals surface area contributed by atoms with E-state index in [9.17, 15) is 10.2 Å². The highest BCUT2D eigenvalue weighted by Gasteiger charge is 2.63. The number of aromatic nitrogens is 3. The third kappa shape index (κ3) is 3.43. The maximum Gasteiger partial charge on any atom is 0.160 e. The SMILES string of the molecule is COc1ccc(Cn2cc([C@]3(O)CC[C@H]4[C@@H]5CCc6cc(O)c(OC)cc6[C@H]5CC[C@@]43C)nn2)cc1. The number of hydrogen-bond acceptors (Lipinski definition) is 6. The van der Waals surface area contributed by atoms with Crippen LogP contribution in [0.5, 0.6) is 17.2 Å². The van der Waals surface area contributed by atoms with Crippen molar-refractivity contribution in [1.29, 1.82) is 0 Å². The number of phenolic OH excluding ortho intramolecular Hbond substituents is 1. The fraction of sp³-hybridized carbons (Fsp3) is 0.517. The molecule has 6 rings (SSSR count). The molecular formula is C29H35N3O4. The summed E-state index contributed by atoms with van der Waals surface area (Å²) in [7, 11) is 3.27. The largest absolute Gasteiger partial charge is 0.504 e. The predicted molar refractivity (Wildman–Crippen MR) is 135 cm³/mol. The fourth-order valence-corrected chi connectivity index (χ4v) is 7.67. The number of aromatic hydroxyl groups is 1. The molecule has 36 heavy (non-hydrogen) atoms. The van der Waals surface area contributed by atoms with Gasteiger partial charge in [0, 0.05) is 5.41 Å². The second kappa shape index (κ2) is 8.51. The molecule has 7 heteroatoms. The number of methoxy groups -OCH3 is 2. The van der Waals surface area contributed by atoms with Crippen molar-refractivity contribution in [2.45, 2.75) is 63.5 Å². The van der Waals surface area contributed by atoms with Crippen LogP contribution < -0.4 is 9.47 Å². The van der Waals surface area contributed by atoms with E-state index in [1.165, 1.54) is 11.1 Å². The van der Waals surface area contributed by atoms with Gasteiger partial charge < -0.3 is 19.7 Å². The van der Waals surface area contributed by atoms with Crippen molar-refractivity contribution in [3.8, 4) is 17.2 Å². The molecule has 0 amide bonds. The van der Waals surface area contributed by atoms with E-state index in [2.05, 4.69) is 23.3 Å². The summed E-state index contributed by atoms with van der Waals surface area (Å²) in [6, 6.07) is 11.9. The molecule has 190 valence electrons. The summed E-state index contributed by atoms with van der Waals surface area (Å²) in [5.74, 6) is 2.97. The summed E-state index contributed by atoms with van der Waals surface area (Å²) >= 11 is 0. The van der Waals surface area contributed by atoms with E-state index in [-0.39, 0.29) is 11.2 Å². The van der Waals surface area contributed by atoms with Crippen molar-refractivity contribution in [1.82, 2.24) is 15.0 Å². The Labute approximate surface area is 212 Å². The van der Waals surface area contributed by atoms with Crippen LogP contribution in [0.2, 0.25) is 0 Å². The first kappa shape index (κ1) is 23.3. The normalized spacial score (nSPS) is 30.8. The van der Waals surface area contributed by atoms with Crippen molar-refractivity contribution in [2.75, 3.05) is 14.2 Å². The molecular weight excluding hydrogens is 454 g/mol. The molecule has 7 nitrogen and oxygen atoms in total. The number of ether oxygens (including phenoxy) is 2. The summed E-state index contributed by atoms with van der Waals surface area (Å²) < 4.78 is 12.5. The van der Waals surface area contributed by atoms with Crippen molar-refractivity contribution >= 4 is 0 Å². The van der Waals surface area contributed by atoms with Crippen LogP contribution in [0.3, 0.4) is 0 Å². The summed E-state index contributed by atoms with van der Waals surface area (Å²) in [5.41, 5.74) is 3.15. The van der Waals surface area contributed by atoms with E-state index in [0.29, 0.717) is 42.2 Å². The Morgan fingerprint density at radius 2 is 1.86 bits per heavy atom. The van der Waals surface area contributed by atoms with Gasteiger partial charge in [-0.25, -0.2) is 4.68 Å². The van der Waals surface area contributed by atoms with E-state index in [1.54, 1.807) is 14.2 Å². The smallest absolute Gasteiger partial charge is 0.160 e. The zero-order valence-electron chi connectivity index (χ0n) is 21.3. The monoisotopic (exact) mass is 489 g/mol. The van der Waals surface area contributed by atoms with Crippen molar-refractivity contribution < 1.29 is 19.7 Å². The lowest BCUT2D eigenvalue weighted by Gasteiger charge is -2.52. The van der Waals surface area contributed by atoms with E-state index >= 15 is 0 Å². The van der Waals surface area contributed by atoms with Crippen LogP contribution in [-0.4, -0.2) is 39.4 Å². The van der Waals surface area contributed by atoms with E-state index in [0.717, 1.165) is 43.4 Å². The van der Waals surface area contributed by atoms with Gasteiger partial charge in [0.25, 0.3) is 0 Å². The van der Waals surface area contributed by atoms with Gasteiger partial charge in [-0.2, -0.15) is 0 Å². The lowest BCUT2D eigenvalue weighted by atomic mass is 9.53. The maximum absolute atomic E-state index is 12.2. The molecule has 1 aromatic heterocycles. The summed E-state index contributed by atoms with van der Waals surface area (Å²) in [4.78, 5) is 0. The fourth-order valence-electron chi connectivity index (χ4n) is 7.67. The van der Waals surface area contributed by atoms with Gasteiger partial charge in [0.2, 0.25) is 0 Å². The molecule has 0 unspecified atom stereocenters. The van der Waals surface area contributed by atoms with Gasteiger partial charge in [-0.3, -0.25) is 0 Å². The first-order valence-electron chi connectivity index (χ1n) is 13.0. The Bertz CT molecular complexity index is 1270. The molecule has 2 saturated carbocycles. The van der Waals surface area contributed by atoms with Crippen molar-refractivity contribution in [3.05, 3.63) is 65.0 Å². The minimum Gasteiger partial charge on any atom is -0.504 e. The minimum atomic E-state index is -0.978. The number of hydrogen-bond donors (Lipinski definition) is 2. The Balaban J connectivity index is 1.26. The van der Waals surface area contributed by atoms with Gasteiger partial charge in [0.05, 0.1) is 27.0 Å². The molecule has 5 atom stereocenters. The van der Waals surface area contributed by atoms with Gasteiger partial charge in [-0.05, 0) is 97.2 Å². The zero-order chi connectivity index (χ0) is 25.1. The molecule has 2 aromatic carbocycles. The van der Waals surface area contributed by atoms with Crippen LogP contribution in [0, 0.1) is 17.3 Å². The third-order valence-corrected chi connectivity index (χ3v) is 9.64. The van der Waals surface area contributed by atoms with Crippen LogP contribution in [0.15, 0.2) is 42.6 Å². The summed E-state index contributed by atoms with van der Waals surface area (Å²) in [5, 5.41) is 31.4. The van der Waals surface area contributed by atoms with E-state index < -0.39 is 5.60 Å². The number of aryl methyl sites for hydroxylation is 1. The number of benzene rings is 2. The lowest BCUT2D eigenvalue weighted by molar-refractivity contribution is -0.111. The summed E-state index contributed by atoms with van der Waals surface area (Å²) in [6.07, 6.45) is 7.63. The number of nitrogens with zero attached hydrogens (tertiary/aromatic N) is 3. The number of rotatable bonds is 5. The third-order valence-electron chi connectivity index (χ3n) is 9.64. The zero-order valence-corrected chi connectivity index (χ0v) is 21.3. The number of phenols is 1. The Hall–Kier alpha value is -3.06. The average molecular weight is 490 g/mol. The highest BCUT2D eigenvalue weighted by atomic mass is 16.5. The van der Waals surface area contributed by atoms with Gasteiger partial charge in [-0.1, -0.05) is 24.3 Å². The molecule has 0 aliphatic heterocycles. The minimum absolute atomic E-state index is 0.225. The standard InChI is InChI=1S/C29H35N3O4/c1-28-12-10-21-22(9-6-19-14-25(33)26(36-3)15-23(19)21)24(28)11-13-29(28,34)27-17-32(31-30-27)16-18-4-7-20(35-2)8-5-18/h4-5,7-8,14-15,17,21-22,24,33-34H,6,9-13,16H2,1-3H3/t21-,22+,24-,28-,29+/m0/s1. The first-order chi connectivity index (χ1) is 17.4. The van der Waals surface area contributed by atoms with Crippen LogP contribution in [-0.2, 0) is 18.6 Å². The van der Waals surface area contributed by atoms with Crippen LogP contribution in [0.4, 0.5) is 0 Å². The first-order valence-corrected chi connectivity index (χ1v) is 13.0. The Kier molecular flexibility index (Phi) is 5.52. The molecule has 0 spiro atoms. The molecule has 0 bridgehead atoms. The molecule has 0 saturated heterocycles. The quantitative estimate of drug-likeness (QED) is 0.536. The van der Waals surface area contributed by atoms with Crippen LogP contribution in [0.25, 0.3) is 0 Å². The molecule has 3 aromatic rings. The number of aliphatic hydroxyl groups is 1. The molecule has 3 aliphatic carbocycles. The predicted octanol–water partition coefficient (Wildman–Crippen LogP) is 4.79. The molecule has 0 radical (unpaired) electrons. The van der Waals surface area contributed by atoms with Gasteiger partial charge >= 0.3 is 0 Å². The van der Waals surface area contributed by atoms with Gasteiger partial charge in [0.1, 0.15) is 17.0 Å². The highest BCUT2D eigenvalue weighted by molar-refractivity contribution is 5.49. The molecule has 2 N–H and O–H groups in total. The second-order valence-electron chi connectivity index (χ2n) is 11.1.